The van der Waals surface area contributed by atoms with Gasteiger partial charge in [-0.05, 0) is 61.4 Å². The fourth-order valence-corrected chi connectivity index (χ4v) is 6.80. The van der Waals surface area contributed by atoms with Crippen molar-refractivity contribution in [1.29, 1.82) is 0 Å². The van der Waals surface area contributed by atoms with Gasteiger partial charge in [0.2, 0.25) is 10.0 Å². The highest BCUT2D eigenvalue weighted by atomic mass is 32.2. The Morgan fingerprint density at radius 1 is 1.00 bits per heavy atom. The number of sulfonamides is 1. The van der Waals surface area contributed by atoms with Gasteiger partial charge in [-0.25, -0.2) is 22.2 Å². The number of benzene rings is 1. The van der Waals surface area contributed by atoms with Crippen LogP contribution >= 0.6 is 0 Å². The summed E-state index contributed by atoms with van der Waals surface area (Å²) < 4.78 is 65.9. The summed E-state index contributed by atoms with van der Waals surface area (Å²) in [6.07, 6.45) is 5.30. The molecule has 3 fully saturated rings. The average Bonchev–Trinajstić information content (AvgIpc) is 3.54. The van der Waals surface area contributed by atoms with Gasteiger partial charge in [0.15, 0.2) is 11.4 Å². The zero-order valence-electron chi connectivity index (χ0n) is 24.4. The number of rotatable bonds is 9. The summed E-state index contributed by atoms with van der Waals surface area (Å²) >= 11 is 0. The molecule has 2 aliphatic heterocycles. The summed E-state index contributed by atoms with van der Waals surface area (Å²) in [4.78, 5) is 33.1. The fraction of sp³-hybridized carbons (Fsp3) is 0.500. The van der Waals surface area contributed by atoms with Gasteiger partial charge >= 0.3 is 5.97 Å². The summed E-state index contributed by atoms with van der Waals surface area (Å²) in [5.74, 6) is -3.85. The molecular weight excluding hydrogens is 596 g/mol. The Kier molecular flexibility index (Phi) is 7.89. The number of carbonyl (C=O) groups excluding carboxylic acids is 2. The van der Waals surface area contributed by atoms with Crippen LogP contribution in [0.3, 0.4) is 0 Å². The molecule has 6 rings (SSSR count). The molecule has 0 bridgehead atoms. The van der Waals surface area contributed by atoms with Crippen LogP contribution in [-0.2, 0) is 19.6 Å². The minimum Gasteiger partial charge on any atom is -0.465 e. The zero-order valence-corrected chi connectivity index (χ0v) is 25.2. The number of pyridine rings is 1. The molecule has 14 heteroatoms. The van der Waals surface area contributed by atoms with E-state index in [1.807, 2.05) is 0 Å². The second-order valence-electron chi connectivity index (χ2n) is 11.9. The number of hydrogen-bond acceptors (Lipinski definition) is 9. The zero-order chi connectivity index (χ0) is 31.1. The van der Waals surface area contributed by atoms with Crippen molar-refractivity contribution in [1.82, 2.24) is 4.98 Å². The summed E-state index contributed by atoms with van der Waals surface area (Å²) in [6.45, 7) is 2.63. The molecule has 2 N–H and O–H groups in total. The number of esters is 1. The van der Waals surface area contributed by atoms with Gasteiger partial charge in [-0.3, -0.25) is 14.3 Å². The number of nitrogens with one attached hydrogen (secondary N) is 2. The van der Waals surface area contributed by atoms with Crippen molar-refractivity contribution in [3.05, 3.63) is 42.3 Å². The number of alkyl halides is 2. The van der Waals surface area contributed by atoms with E-state index >= 15 is 0 Å². The van der Waals surface area contributed by atoms with E-state index in [0.717, 1.165) is 25.9 Å². The number of nitrogens with zero attached hydrogens (tertiary/aromatic N) is 3. The van der Waals surface area contributed by atoms with Crippen LogP contribution in [0.4, 0.5) is 31.7 Å². The number of piperidine rings is 2. The van der Waals surface area contributed by atoms with E-state index in [-0.39, 0.29) is 38.2 Å². The van der Waals surface area contributed by atoms with E-state index in [0.29, 0.717) is 39.3 Å². The molecule has 3 aromatic rings. The first-order chi connectivity index (χ1) is 20.9. The standard InChI is InChI=1S/C30H35F2N5O6S/c1-20(38)42-16-17-44(40,41)35-22-2-3-23(25(19-22)36-11-7-29(5-6-29)8-12-36)34-28(39)24-18-21-4-15-43-26(21)27(33-24)37-13-9-30(31,32)10-14-37/h2-4,15,18-19,35H,5-14,16-17H2,1H3,(H,34,39). The number of fused-ring (bicyclic) bond motifs is 1. The number of amides is 1. The van der Waals surface area contributed by atoms with Crippen LogP contribution < -0.4 is 19.8 Å². The number of ether oxygens (including phenoxy) is 1. The largest absolute Gasteiger partial charge is 0.465 e. The van der Waals surface area contributed by atoms with Crippen molar-refractivity contribution in [3.63, 3.8) is 0 Å². The molecular formula is C30H35F2N5O6S. The van der Waals surface area contributed by atoms with Crippen molar-refractivity contribution in [2.45, 2.75) is 51.4 Å². The van der Waals surface area contributed by atoms with Gasteiger partial charge in [-0.2, -0.15) is 0 Å². The lowest BCUT2D eigenvalue weighted by Gasteiger charge is -2.35. The van der Waals surface area contributed by atoms with Crippen LogP contribution in [0.2, 0.25) is 0 Å². The molecule has 2 saturated heterocycles. The lowest BCUT2D eigenvalue weighted by molar-refractivity contribution is -0.140. The van der Waals surface area contributed by atoms with Gasteiger partial charge in [0.25, 0.3) is 11.8 Å². The Bertz CT molecular complexity index is 1670. The summed E-state index contributed by atoms with van der Waals surface area (Å²) in [6, 6.07) is 8.18. The molecule has 2 aromatic heterocycles. The quantitative estimate of drug-likeness (QED) is 0.313. The van der Waals surface area contributed by atoms with Crippen molar-refractivity contribution < 1.29 is 35.9 Å². The van der Waals surface area contributed by atoms with Crippen molar-refractivity contribution >= 4 is 55.7 Å². The van der Waals surface area contributed by atoms with Crippen LogP contribution in [0.1, 0.15) is 55.9 Å². The normalized spacial score (nSPS) is 19.2. The summed E-state index contributed by atoms with van der Waals surface area (Å²) in [5, 5.41) is 3.58. The molecule has 236 valence electrons. The minimum atomic E-state index is -3.81. The Morgan fingerprint density at radius 3 is 2.39 bits per heavy atom. The van der Waals surface area contributed by atoms with Crippen molar-refractivity contribution in [2.24, 2.45) is 5.41 Å². The van der Waals surface area contributed by atoms with Gasteiger partial charge in [-0.15, -0.1) is 0 Å². The van der Waals surface area contributed by atoms with Gasteiger partial charge in [0.1, 0.15) is 18.1 Å². The monoisotopic (exact) mass is 631 g/mol. The van der Waals surface area contributed by atoms with E-state index in [2.05, 4.69) is 19.9 Å². The lowest BCUT2D eigenvalue weighted by atomic mass is 9.93. The number of furan rings is 1. The Labute approximate surface area is 254 Å². The van der Waals surface area contributed by atoms with Crippen LogP contribution in [0.15, 0.2) is 41.0 Å². The predicted octanol–water partition coefficient (Wildman–Crippen LogP) is 5.00. The van der Waals surface area contributed by atoms with Crippen molar-refractivity contribution in [3.8, 4) is 0 Å². The van der Waals surface area contributed by atoms with Gasteiger partial charge < -0.3 is 24.3 Å². The van der Waals surface area contributed by atoms with Gasteiger partial charge in [-0.1, -0.05) is 0 Å². The van der Waals surface area contributed by atoms with Crippen LogP contribution in [0, 0.1) is 5.41 Å². The molecule has 0 radical (unpaired) electrons. The van der Waals surface area contributed by atoms with Crippen LogP contribution in [0.5, 0.6) is 0 Å². The molecule has 0 atom stereocenters. The Morgan fingerprint density at radius 2 is 1.70 bits per heavy atom. The van der Waals surface area contributed by atoms with Crippen LogP contribution in [0.25, 0.3) is 11.0 Å². The number of halogens is 2. The van der Waals surface area contributed by atoms with Crippen LogP contribution in [-0.4, -0.2) is 69.7 Å². The Hall–Kier alpha value is -3.94. The third-order valence-electron chi connectivity index (χ3n) is 8.74. The SMILES string of the molecule is CC(=O)OCCS(=O)(=O)Nc1ccc(NC(=O)c2cc3ccoc3c(N3CCC(F)(F)CC3)n2)c(N2CCC3(CC2)CC3)c1. The number of carbonyl (C=O) groups is 2. The fourth-order valence-electron chi connectivity index (χ4n) is 5.91. The smallest absolute Gasteiger partial charge is 0.302 e. The summed E-state index contributed by atoms with van der Waals surface area (Å²) in [5.41, 5.74) is 2.39. The first-order valence-corrected chi connectivity index (χ1v) is 16.4. The molecule has 3 aliphatic rings. The van der Waals surface area contributed by atoms with E-state index < -0.39 is 33.6 Å². The molecule has 1 aromatic carbocycles. The molecule has 1 saturated carbocycles. The maximum absolute atomic E-state index is 13.8. The molecule has 4 heterocycles. The first kappa shape index (κ1) is 30.1. The molecule has 1 aliphatic carbocycles. The summed E-state index contributed by atoms with van der Waals surface area (Å²) in [7, 11) is -3.81. The van der Waals surface area contributed by atoms with Gasteiger partial charge in [0.05, 0.1) is 23.3 Å². The maximum atomic E-state index is 13.8. The predicted molar refractivity (Wildman–Crippen MR) is 162 cm³/mol. The molecule has 44 heavy (non-hydrogen) atoms. The van der Waals surface area contributed by atoms with Gasteiger partial charge in [0, 0.05) is 51.3 Å². The number of anilines is 4. The molecule has 0 unspecified atom stereocenters. The third kappa shape index (κ3) is 6.74. The lowest BCUT2D eigenvalue weighted by Crippen LogP contribution is -2.40. The van der Waals surface area contributed by atoms with E-state index in [1.54, 1.807) is 35.2 Å². The number of hydrogen-bond donors (Lipinski definition) is 2. The number of aromatic nitrogens is 1. The first-order valence-electron chi connectivity index (χ1n) is 14.8. The minimum absolute atomic E-state index is 0.0831. The third-order valence-corrected chi connectivity index (χ3v) is 9.99. The van der Waals surface area contributed by atoms with Crippen molar-refractivity contribution in [2.75, 3.05) is 58.4 Å². The highest BCUT2D eigenvalue weighted by molar-refractivity contribution is 7.92. The van der Waals surface area contributed by atoms with E-state index in [1.165, 1.54) is 26.0 Å². The highest BCUT2D eigenvalue weighted by Gasteiger charge is 2.44. The maximum Gasteiger partial charge on any atom is 0.302 e. The van der Waals surface area contributed by atoms with E-state index in [4.69, 9.17) is 9.15 Å². The Balaban J connectivity index is 1.26. The molecule has 1 amide bonds. The van der Waals surface area contributed by atoms with E-state index in [9.17, 15) is 26.8 Å². The molecule has 11 nitrogen and oxygen atoms in total. The highest BCUT2D eigenvalue weighted by Crippen LogP contribution is 2.54. The topological polar surface area (TPSA) is 134 Å². The second-order valence-corrected chi connectivity index (χ2v) is 13.8. The average molecular weight is 632 g/mol. The molecule has 1 spiro atoms. The second kappa shape index (κ2) is 11.5.